The van der Waals surface area contributed by atoms with Crippen LogP contribution in [0.4, 0.5) is 0 Å². The summed E-state index contributed by atoms with van der Waals surface area (Å²) in [6.07, 6.45) is 0. The third-order valence-electron chi connectivity index (χ3n) is 3.51. The largest absolute Gasteiger partial charge is 0.504 e. The smallest absolute Gasteiger partial charge is 0.212 e. The third-order valence-corrected chi connectivity index (χ3v) is 3.51. The Hall–Kier alpha value is -2.88. The van der Waals surface area contributed by atoms with Crippen molar-refractivity contribution in [2.24, 2.45) is 0 Å². The van der Waals surface area contributed by atoms with Gasteiger partial charge in [0.05, 0.1) is 7.11 Å². The monoisotopic (exact) mass is 280 g/mol. The molecule has 1 aliphatic rings. The fraction of sp³-hybridized carbons (Fsp3) is 0.0588. The maximum absolute atomic E-state index is 10.2. The fourth-order valence-corrected chi connectivity index (χ4v) is 2.48. The second-order valence-corrected chi connectivity index (χ2v) is 4.79. The van der Waals surface area contributed by atoms with Crippen molar-refractivity contribution in [1.82, 2.24) is 0 Å². The van der Waals surface area contributed by atoms with Gasteiger partial charge in [-0.05, 0) is 23.6 Å². The number of methoxy groups -OCH3 is 1. The average Bonchev–Trinajstić information content (AvgIpc) is 2.53. The van der Waals surface area contributed by atoms with Gasteiger partial charge in [-0.3, -0.25) is 0 Å². The van der Waals surface area contributed by atoms with E-state index in [1.54, 1.807) is 31.4 Å². The van der Waals surface area contributed by atoms with E-state index in [2.05, 4.69) is 0 Å². The van der Waals surface area contributed by atoms with Crippen molar-refractivity contribution >= 4 is 10.8 Å². The zero-order chi connectivity index (χ0) is 14.4. The molecule has 3 aromatic rings. The van der Waals surface area contributed by atoms with Crippen LogP contribution in [0.15, 0.2) is 48.5 Å². The first-order valence-electron chi connectivity index (χ1n) is 6.55. The predicted molar refractivity (Wildman–Crippen MR) is 78.8 cm³/mol. The lowest BCUT2D eigenvalue weighted by atomic mass is 10.1. The predicted octanol–water partition coefficient (Wildman–Crippen LogP) is 4.45. The maximum Gasteiger partial charge on any atom is 0.212 e. The summed E-state index contributed by atoms with van der Waals surface area (Å²) in [5, 5.41) is 11.9. The Kier molecular flexibility index (Phi) is 2.44. The Morgan fingerprint density at radius 1 is 0.905 bits per heavy atom. The standard InChI is InChI=1S/C17H12O4/c1-19-11-6-7-14-15(9-11)21-16-12-5-3-2-4-10(12)8-13(18)17(16)20-14/h2-9,18H,1H3. The van der Waals surface area contributed by atoms with E-state index in [1.165, 1.54) is 0 Å². The van der Waals surface area contributed by atoms with Crippen molar-refractivity contribution in [2.45, 2.75) is 0 Å². The molecule has 21 heavy (non-hydrogen) atoms. The lowest BCUT2D eigenvalue weighted by Gasteiger charge is -2.23. The first-order valence-corrected chi connectivity index (χ1v) is 6.55. The van der Waals surface area contributed by atoms with E-state index in [-0.39, 0.29) is 5.75 Å². The summed E-state index contributed by atoms with van der Waals surface area (Å²) in [6.45, 7) is 0. The molecule has 0 fully saturated rings. The second kappa shape index (κ2) is 4.31. The summed E-state index contributed by atoms with van der Waals surface area (Å²) in [4.78, 5) is 0. The number of ether oxygens (including phenoxy) is 3. The Morgan fingerprint density at radius 3 is 2.57 bits per heavy atom. The SMILES string of the molecule is COc1ccc2c(c1)Oc1c(c(O)cc3ccccc13)O2. The molecule has 1 heterocycles. The Bertz CT molecular complexity index is 855. The molecule has 0 amide bonds. The molecule has 0 spiro atoms. The van der Waals surface area contributed by atoms with Gasteiger partial charge in [-0.1, -0.05) is 24.3 Å². The maximum atomic E-state index is 10.2. The molecule has 0 atom stereocenters. The molecule has 4 rings (SSSR count). The lowest BCUT2D eigenvalue weighted by Crippen LogP contribution is -2.00. The van der Waals surface area contributed by atoms with Gasteiger partial charge in [-0.2, -0.15) is 0 Å². The third kappa shape index (κ3) is 1.76. The Morgan fingerprint density at radius 2 is 1.71 bits per heavy atom. The molecule has 1 aliphatic heterocycles. The van der Waals surface area contributed by atoms with Crippen LogP contribution < -0.4 is 14.2 Å². The van der Waals surface area contributed by atoms with Crippen LogP contribution in [-0.2, 0) is 0 Å². The van der Waals surface area contributed by atoms with Crippen LogP contribution in [0.1, 0.15) is 0 Å². The molecule has 0 saturated heterocycles. The molecule has 0 aliphatic carbocycles. The topological polar surface area (TPSA) is 47.9 Å². The van der Waals surface area contributed by atoms with Gasteiger partial charge in [-0.25, -0.2) is 0 Å². The molecule has 104 valence electrons. The molecule has 4 nitrogen and oxygen atoms in total. The van der Waals surface area contributed by atoms with E-state index in [0.717, 1.165) is 10.8 Å². The summed E-state index contributed by atoms with van der Waals surface area (Å²) in [5.41, 5.74) is 0. The number of hydrogen-bond acceptors (Lipinski definition) is 4. The van der Waals surface area contributed by atoms with Crippen molar-refractivity contribution in [2.75, 3.05) is 7.11 Å². The van der Waals surface area contributed by atoms with E-state index < -0.39 is 0 Å². The molecule has 0 saturated carbocycles. The first-order chi connectivity index (χ1) is 10.3. The van der Waals surface area contributed by atoms with Crippen LogP contribution in [0, 0.1) is 0 Å². The normalized spacial score (nSPS) is 12.0. The molecular formula is C17H12O4. The van der Waals surface area contributed by atoms with E-state index in [9.17, 15) is 5.11 Å². The van der Waals surface area contributed by atoms with E-state index in [1.807, 2.05) is 24.3 Å². The highest BCUT2D eigenvalue weighted by molar-refractivity contribution is 5.93. The second-order valence-electron chi connectivity index (χ2n) is 4.79. The molecule has 4 heteroatoms. The van der Waals surface area contributed by atoms with Crippen molar-refractivity contribution in [1.29, 1.82) is 0 Å². The van der Waals surface area contributed by atoms with Crippen molar-refractivity contribution in [3.05, 3.63) is 48.5 Å². The number of fused-ring (bicyclic) bond motifs is 4. The number of aromatic hydroxyl groups is 1. The van der Waals surface area contributed by atoms with Crippen LogP contribution in [0.5, 0.6) is 34.5 Å². The number of hydrogen-bond donors (Lipinski definition) is 1. The molecule has 1 N–H and O–H groups in total. The van der Waals surface area contributed by atoms with Gasteiger partial charge in [-0.15, -0.1) is 0 Å². The minimum atomic E-state index is 0.0603. The van der Waals surface area contributed by atoms with Crippen molar-refractivity contribution in [3.63, 3.8) is 0 Å². The average molecular weight is 280 g/mol. The van der Waals surface area contributed by atoms with Gasteiger partial charge in [0.25, 0.3) is 0 Å². The molecule has 0 unspecified atom stereocenters. The van der Waals surface area contributed by atoms with E-state index in [0.29, 0.717) is 28.7 Å². The molecule has 0 radical (unpaired) electrons. The minimum Gasteiger partial charge on any atom is -0.504 e. The summed E-state index contributed by atoms with van der Waals surface area (Å²) in [5.74, 6) is 2.72. The quantitative estimate of drug-likeness (QED) is 0.559. The van der Waals surface area contributed by atoms with Gasteiger partial charge in [0.15, 0.2) is 23.0 Å². The number of phenolic OH excluding ortho intramolecular Hbond substituents is 1. The Labute approximate surface area is 121 Å². The highest BCUT2D eigenvalue weighted by Gasteiger charge is 2.24. The summed E-state index contributed by atoms with van der Waals surface area (Å²) in [6, 6.07) is 14.7. The molecule has 0 aromatic heterocycles. The first kappa shape index (κ1) is 11.9. The van der Waals surface area contributed by atoms with Crippen LogP contribution in [0.3, 0.4) is 0 Å². The van der Waals surface area contributed by atoms with Crippen LogP contribution >= 0.6 is 0 Å². The zero-order valence-electron chi connectivity index (χ0n) is 11.3. The van der Waals surface area contributed by atoms with Crippen LogP contribution in [0.25, 0.3) is 10.8 Å². The minimum absolute atomic E-state index is 0.0603. The van der Waals surface area contributed by atoms with Crippen molar-refractivity contribution in [3.8, 4) is 34.5 Å². The van der Waals surface area contributed by atoms with Gasteiger partial charge >= 0.3 is 0 Å². The van der Waals surface area contributed by atoms with Gasteiger partial charge in [0, 0.05) is 11.5 Å². The summed E-state index contributed by atoms with van der Waals surface area (Å²) < 4.78 is 16.9. The number of benzene rings is 3. The molecular weight excluding hydrogens is 268 g/mol. The molecule has 0 bridgehead atoms. The highest BCUT2D eigenvalue weighted by Crippen LogP contribution is 2.53. The fourth-order valence-electron chi connectivity index (χ4n) is 2.48. The lowest BCUT2D eigenvalue weighted by molar-refractivity contribution is 0.337. The molecule has 3 aromatic carbocycles. The van der Waals surface area contributed by atoms with E-state index in [4.69, 9.17) is 14.2 Å². The number of rotatable bonds is 1. The zero-order valence-corrected chi connectivity index (χ0v) is 11.3. The van der Waals surface area contributed by atoms with Crippen LogP contribution in [-0.4, -0.2) is 12.2 Å². The summed E-state index contributed by atoms with van der Waals surface area (Å²) in [7, 11) is 1.60. The summed E-state index contributed by atoms with van der Waals surface area (Å²) >= 11 is 0. The highest BCUT2D eigenvalue weighted by atomic mass is 16.6. The van der Waals surface area contributed by atoms with Gasteiger partial charge in [0.2, 0.25) is 5.75 Å². The van der Waals surface area contributed by atoms with Crippen molar-refractivity contribution < 1.29 is 19.3 Å². The van der Waals surface area contributed by atoms with Gasteiger partial charge in [0.1, 0.15) is 5.75 Å². The Balaban J connectivity index is 1.94. The van der Waals surface area contributed by atoms with Gasteiger partial charge < -0.3 is 19.3 Å². The van der Waals surface area contributed by atoms with E-state index >= 15 is 0 Å². The van der Waals surface area contributed by atoms with Crippen LogP contribution in [0.2, 0.25) is 0 Å². The number of phenols is 1.